The first-order chi connectivity index (χ1) is 28.2. The van der Waals surface area contributed by atoms with Crippen LogP contribution in [-0.4, -0.2) is 0 Å². The fourth-order valence-electron chi connectivity index (χ4n) is 9.44. The Balaban J connectivity index is 1.03. The Morgan fingerprint density at radius 2 is 0.930 bits per heavy atom. The van der Waals surface area contributed by atoms with Gasteiger partial charge < -0.3 is 13.3 Å². The molecule has 57 heavy (non-hydrogen) atoms. The van der Waals surface area contributed by atoms with Crippen molar-refractivity contribution in [1.82, 2.24) is 0 Å². The fourth-order valence-corrected chi connectivity index (χ4v) is 9.44. The standard InChI is InChI=1S/C54H30O3/c1-2-11-33-26-34(21-20-31(33)10-1)48-29-36-28-45-44-27-35(23-25-47(44)55-50(45)30-49(36)56-48)51-38-14-3-5-16-40(38)53(41-17-6-4-15-39(41)51)43-18-9-12-32-22-24-42-37-13-7-8-19-46(37)57-54(42)52(32)43/h1-30H. The van der Waals surface area contributed by atoms with Crippen molar-refractivity contribution in [2.45, 2.75) is 0 Å². The van der Waals surface area contributed by atoms with E-state index in [1.165, 1.54) is 49.0 Å². The first kappa shape index (κ1) is 30.7. The van der Waals surface area contributed by atoms with Gasteiger partial charge in [-0.05, 0) is 102 Å². The van der Waals surface area contributed by atoms with E-state index in [1.807, 2.05) is 12.1 Å². The van der Waals surface area contributed by atoms with Crippen molar-refractivity contribution in [2.24, 2.45) is 0 Å². The van der Waals surface area contributed by atoms with Crippen LogP contribution in [0.25, 0.3) is 132 Å². The van der Waals surface area contributed by atoms with E-state index in [1.54, 1.807) is 0 Å². The summed E-state index contributed by atoms with van der Waals surface area (Å²) in [6.45, 7) is 0. The highest BCUT2D eigenvalue weighted by Crippen LogP contribution is 2.48. The Morgan fingerprint density at radius 1 is 0.281 bits per heavy atom. The van der Waals surface area contributed by atoms with E-state index in [2.05, 4.69) is 170 Å². The molecular formula is C54H30O3. The Morgan fingerprint density at radius 3 is 1.75 bits per heavy atom. The number of para-hydroxylation sites is 1. The zero-order valence-electron chi connectivity index (χ0n) is 30.5. The molecule has 13 aromatic rings. The molecule has 3 nitrogen and oxygen atoms in total. The minimum atomic E-state index is 0.811. The summed E-state index contributed by atoms with van der Waals surface area (Å²) in [4.78, 5) is 0. The van der Waals surface area contributed by atoms with E-state index < -0.39 is 0 Å². The number of fused-ring (bicyclic) bond motifs is 12. The van der Waals surface area contributed by atoms with Gasteiger partial charge in [-0.25, -0.2) is 0 Å². The maximum absolute atomic E-state index is 6.66. The molecule has 0 bridgehead atoms. The van der Waals surface area contributed by atoms with Crippen LogP contribution in [0.4, 0.5) is 0 Å². The molecule has 0 aliphatic heterocycles. The van der Waals surface area contributed by atoms with Gasteiger partial charge in [0.15, 0.2) is 0 Å². The number of hydrogen-bond acceptors (Lipinski definition) is 3. The van der Waals surface area contributed by atoms with Crippen LogP contribution in [0.1, 0.15) is 0 Å². The van der Waals surface area contributed by atoms with Crippen molar-refractivity contribution < 1.29 is 13.3 Å². The number of hydrogen-bond donors (Lipinski definition) is 0. The summed E-state index contributed by atoms with van der Waals surface area (Å²) in [6, 6.07) is 65.0. The molecule has 0 aliphatic carbocycles. The largest absolute Gasteiger partial charge is 0.456 e. The first-order valence-electron chi connectivity index (χ1n) is 19.4. The third kappa shape index (κ3) is 4.42. The van der Waals surface area contributed by atoms with Crippen LogP contribution in [0.15, 0.2) is 195 Å². The summed E-state index contributed by atoms with van der Waals surface area (Å²) in [5.41, 5.74) is 10.1. The summed E-state index contributed by atoms with van der Waals surface area (Å²) >= 11 is 0. The third-order valence-corrected chi connectivity index (χ3v) is 12.0. The van der Waals surface area contributed by atoms with Crippen molar-refractivity contribution in [3.8, 4) is 33.6 Å². The minimum absolute atomic E-state index is 0.811. The third-order valence-electron chi connectivity index (χ3n) is 12.0. The number of benzene rings is 10. The van der Waals surface area contributed by atoms with Crippen LogP contribution in [0.3, 0.4) is 0 Å². The zero-order chi connectivity index (χ0) is 37.2. The normalized spacial score (nSPS) is 12.2. The van der Waals surface area contributed by atoms with Gasteiger partial charge in [0.2, 0.25) is 0 Å². The predicted molar refractivity (Wildman–Crippen MR) is 237 cm³/mol. The average Bonchev–Trinajstić information content (AvgIpc) is 3.97. The fraction of sp³-hybridized carbons (Fsp3) is 0. The van der Waals surface area contributed by atoms with Gasteiger partial charge in [-0.1, -0.05) is 133 Å². The second-order valence-corrected chi connectivity index (χ2v) is 15.2. The van der Waals surface area contributed by atoms with Gasteiger partial charge in [-0.2, -0.15) is 0 Å². The molecule has 13 rings (SSSR count). The quantitative estimate of drug-likeness (QED) is 0.170. The van der Waals surface area contributed by atoms with Gasteiger partial charge in [-0.3, -0.25) is 0 Å². The van der Waals surface area contributed by atoms with Crippen LogP contribution >= 0.6 is 0 Å². The first-order valence-corrected chi connectivity index (χ1v) is 19.4. The molecule has 0 aliphatic rings. The highest BCUT2D eigenvalue weighted by atomic mass is 16.3. The summed E-state index contributed by atoms with van der Waals surface area (Å²) in [7, 11) is 0. The van der Waals surface area contributed by atoms with Crippen molar-refractivity contribution >= 4 is 97.9 Å². The van der Waals surface area contributed by atoms with E-state index in [4.69, 9.17) is 13.3 Å². The molecule has 0 fully saturated rings. The molecule has 10 aromatic carbocycles. The molecule has 3 heteroatoms. The molecule has 3 heterocycles. The molecule has 0 amide bonds. The van der Waals surface area contributed by atoms with Gasteiger partial charge in [-0.15, -0.1) is 0 Å². The second kappa shape index (κ2) is 11.5. The van der Waals surface area contributed by atoms with Crippen LogP contribution < -0.4 is 0 Å². The maximum atomic E-state index is 6.66. The monoisotopic (exact) mass is 726 g/mol. The van der Waals surface area contributed by atoms with Gasteiger partial charge in [0.05, 0.1) is 0 Å². The molecule has 0 unspecified atom stereocenters. The molecule has 0 spiro atoms. The van der Waals surface area contributed by atoms with E-state index >= 15 is 0 Å². The lowest BCUT2D eigenvalue weighted by molar-refractivity contribution is 0.628. The Bertz CT molecular complexity index is 3760. The molecule has 3 aromatic heterocycles. The smallest absolute Gasteiger partial charge is 0.143 e. The summed E-state index contributed by atoms with van der Waals surface area (Å²) in [5.74, 6) is 0.846. The second-order valence-electron chi connectivity index (χ2n) is 15.2. The molecular weight excluding hydrogens is 697 g/mol. The van der Waals surface area contributed by atoms with Gasteiger partial charge in [0.25, 0.3) is 0 Å². The molecule has 0 radical (unpaired) electrons. The van der Waals surface area contributed by atoms with Crippen LogP contribution in [-0.2, 0) is 0 Å². The van der Waals surface area contributed by atoms with E-state index in [0.717, 1.165) is 82.5 Å². The topological polar surface area (TPSA) is 39.4 Å². The highest BCUT2D eigenvalue weighted by Gasteiger charge is 2.21. The highest BCUT2D eigenvalue weighted by molar-refractivity contribution is 6.27. The lowest BCUT2D eigenvalue weighted by Crippen LogP contribution is -1.91. The number of rotatable bonds is 3. The van der Waals surface area contributed by atoms with Crippen LogP contribution in [0.2, 0.25) is 0 Å². The molecule has 0 N–H and O–H groups in total. The summed E-state index contributed by atoms with van der Waals surface area (Å²) < 4.78 is 19.6. The number of furan rings is 3. The van der Waals surface area contributed by atoms with Gasteiger partial charge in [0.1, 0.15) is 33.7 Å². The molecule has 0 atom stereocenters. The zero-order valence-corrected chi connectivity index (χ0v) is 30.5. The van der Waals surface area contributed by atoms with Crippen molar-refractivity contribution in [3.05, 3.63) is 182 Å². The maximum Gasteiger partial charge on any atom is 0.143 e. The molecule has 0 saturated carbocycles. The minimum Gasteiger partial charge on any atom is -0.456 e. The van der Waals surface area contributed by atoms with Crippen molar-refractivity contribution in [2.75, 3.05) is 0 Å². The Kier molecular flexibility index (Phi) is 6.16. The molecule has 0 saturated heterocycles. The molecule has 264 valence electrons. The Hall–Kier alpha value is -7.62. The lowest BCUT2D eigenvalue weighted by Gasteiger charge is -2.19. The van der Waals surface area contributed by atoms with Gasteiger partial charge in [0, 0.05) is 43.9 Å². The van der Waals surface area contributed by atoms with Crippen molar-refractivity contribution in [3.63, 3.8) is 0 Å². The SMILES string of the molecule is c1ccc2cc(-c3cc4cc5c(cc4o3)oc3ccc(-c4c6ccccc6c(-c6cccc7ccc8c9ccccc9oc8c67)c6ccccc46)cc35)ccc2c1. The summed E-state index contributed by atoms with van der Waals surface area (Å²) in [6.07, 6.45) is 0. The van der Waals surface area contributed by atoms with Crippen molar-refractivity contribution in [1.29, 1.82) is 0 Å². The van der Waals surface area contributed by atoms with Crippen LogP contribution in [0, 0.1) is 0 Å². The van der Waals surface area contributed by atoms with E-state index in [-0.39, 0.29) is 0 Å². The average molecular weight is 727 g/mol. The predicted octanol–water partition coefficient (Wildman–Crippen LogP) is 15.8. The van der Waals surface area contributed by atoms with E-state index in [0.29, 0.717) is 0 Å². The van der Waals surface area contributed by atoms with Gasteiger partial charge >= 0.3 is 0 Å². The summed E-state index contributed by atoms with van der Waals surface area (Å²) in [5, 5.41) is 15.0. The Labute approximate surface area is 325 Å². The van der Waals surface area contributed by atoms with Crippen LogP contribution in [0.5, 0.6) is 0 Å². The lowest BCUT2D eigenvalue weighted by atomic mass is 9.84. The van der Waals surface area contributed by atoms with E-state index in [9.17, 15) is 0 Å².